The summed E-state index contributed by atoms with van der Waals surface area (Å²) in [5.74, 6) is 4.94. The Bertz CT molecular complexity index is 231. The van der Waals surface area contributed by atoms with Gasteiger partial charge in [-0.3, -0.25) is 4.79 Å². The van der Waals surface area contributed by atoms with Gasteiger partial charge in [0.1, 0.15) is 0 Å². The number of amides is 1. The number of nitrogens with zero attached hydrogens (tertiary/aromatic N) is 1. The fourth-order valence-corrected chi connectivity index (χ4v) is 1.49. The van der Waals surface area contributed by atoms with Crippen molar-refractivity contribution in [3.05, 3.63) is 0 Å². The molecule has 0 aromatic rings. The summed E-state index contributed by atoms with van der Waals surface area (Å²) >= 11 is 0. The molecule has 0 saturated carbocycles. The minimum atomic E-state index is -0.142. The molecule has 0 aliphatic carbocycles. The van der Waals surface area contributed by atoms with E-state index in [1.54, 1.807) is 6.92 Å². The Morgan fingerprint density at radius 3 is 2.62 bits per heavy atom. The summed E-state index contributed by atoms with van der Waals surface area (Å²) in [7, 11) is 2.10. The predicted octanol–water partition coefficient (Wildman–Crippen LogP) is 0.220. The third-order valence-corrected chi connectivity index (χ3v) is 2.29. The standard InChI is InChI=1S/C10H16N2O/c1-3-4-10(13)11-9-5-7-12(2)8-6-9/h9H,5-8H2,1-2H3,(H,11,13). The Morgan fingerprint density at radius 2 is 2.08 bits per heavy atom. The maximum absolute atomic E-state index is 11.1. The number of hydrogen-bond donors (Lipinski definition) is 1. The van der Waals surface area contributed by atoms with Gasteiger partial charge in [0.25, 0.3) is 5.91 Å². The molecule has 3 nitrogen and oxygen atoms in total. The number of piperidine rings is 1. The lowest BCUT2D eigenvalue weighted by Gasteiger charge is -2.28. The van der Waals surface area contributed by atoms with Crippen LogP contribution in [0, 0.1) is 11.8 Å². The van der Waals surface area contributed by atoms with Gasteiger partial charge in [0.05, 0.1) is 0 Å². The van der Waals surface area contributed by atoms with E-state index in [9.17, 15) is 4.79 Å². The first-order chi connectivity index (χ1) is 6.22. The molecule has 1 heterocycles. The van der Waals surface area contributed by atoms with Crippen LogP contribution in [-0.4, -0.2) is 37.0 Å². The minimum Gasteiger partial charge on any atom is -0.342 e. The number of carbonyl (C=O) groups excluding carboxylic acids is 1. The van der Waals surface area contributed by atoms with E-state index >= 15 is 0 Å². The van der Waals surface area contributed by atoms with Gasteiger partial charge in [-0.25, -0.2) is 0 Å². The van der Waals surface area contributed by atoms with E-state index in [1.807, 2.05) is 0 Å². The largest absolute Gasteiger partial charge is 0.342 e. The van der Waals surface area contributed by atoms with Gasteiger partial charge in [0.15, 0.2) is 0 Å². The summed E-state index contributed by atoms with van der Waals surface area (Å²) in [6.45, 7) is 3.79. The van der Waals surface area contributed by atoms with Crippen molar-refractivity contribution in [1.82, 2.24) is 10.2 Å². The van der Waals surface area contributed by atoms with Gasteiger partial charge in [-0.2, -0.15) is 0 Å². The van der Waals surface area contributed by atoms with Crippen LogP contribution in [0.3, 0.4) is 0 Å². The van der Waals surface area contributed by atoms with Gasteiger partial charge in [0.2, 0.25) is 0 Å². The van der Waals surface area contributed by atoms with Crippen LogP contribution < -0.4 is 5.32 Å². The molecule has 0 spiro atoms. The normalized spacial score (nSPS) is 18.9. The molecule has 0 aromatic carbocycles. The molecule has 0 atom stereocenters. The molecule has 0 bridgehead atoms. The number of nitrogens with one attached hydrogen (secondary N) is 1. The van der Waals surface area contributed by atoms with Crippen LogP contribution in [0.5, 0.6) is 0 Å². The lowest BCUT2D eigenvalue weighted by Crippen LogP contribution is -2.42. The van der Waals surface area contributed by atoms with Crippen LogP contribution in [0.2, 0.25) is 0 Å². The Labute approximate surface area is 79.5 Å². The lowest BCUT2D eigenvalue weighted by atomic mass is 10.1. The number of hydrogen-bond acceptors (Lipinski definition) is 2. The van der Waals surface area contributed by atoms with Crippen molar-refractivity contribution in [2.45, 2.75) is 25.8 Å². The first kappa shape index (κ1) is 10.1. The smallest absolute Gasteiger partial charge is 0.296 e. The fraction of sp³-hybridized carbons (Fsp3) is 0.700. The maximum Gasteiger partial charge on any atom is 0.296 e. The van der Waals surface area contributed by atoms with Crippen LogP contribution in [0.15, 0.2) is 0 Å². The van der Waals surface area contributed by atoms with Crippen LogP contribution in [0.4, 0.5) is 0 Å². The minimum absolute atomic E-state index is 0.142. The summed E-state index contributed by atoms with van der Waals surface area (Å²) in [6, 6.07) is 0.324. The van der Waals surface area contributed by atoms with Crippen LogP contribution in [0.25, 0.3) is 0 Å². The summed E-state index contributed by atoms with van der Waals surface area (Å²) in [5, 5.41) is 2.90. The van der Waals surface area contributed by atoms with Crippen LogP contribution >= 0.6 is 0 Å². The van der Waals surface area contributed by atoms with E-state index in [2.05, 4.69) is 29.1 Å². The molecule has 1 rings (SSSR count). The highest BCUT2D eigenvalue weighted by Crippen LogP contribution is 2.07. The second kappa shape index (κ2) is 4.88. The van der Waals surface area contributed by atoms with Crippen LogP contribution in [0.1, 0.15) is 19.8 Å². The zero-order valence-electron chi connectivity index (χ0n) is 8.26. The van der Waals surface area contributed by atoms with Gasteiger partial charge >= 0.3 is 0 Å². The summed E-state index contributed by atoms with van der Waals surface area (Å²) in [5.41, 5.74) is 0. The van der Waals surface area contributed by atoms with E-state index in [-0.39, 0.29) is 5.91 Å². The second-order valence-electron chi connectivity index (χ2n) is 3.43. The number of carbonyl (C=O) groups is 1. The molecule has 13 heavy (non-hydrogen) atoms. The van der Waals surface area contributed by atoms with Crippen molar-refractivity contribution >= 4 is 5.91 Å². The van der Waals surface area contributed by atoms with Crippen molar-refractivity contribution in [2.24, 2.45) is 0 Å². The first-order valence-electron chi connectivity index (χ1n) is 4.64. The third-order valence-electron chi connectivity index (χ3n) is 2.29. The first-order valence-corrected chi connectivity index (χ1v) is 4.64. The fourth-order valence-electron chi connectivity index (χ4n) is 1.49. The van der Waals surface area contributed by atoms with Gasteiger partial charge < -0.3 is 10.2 Å². The molecule has 1 aliphatic heterocycles. The average molecular weight is 180 g/mol. The van der Waals surface area contributed by atoms with Crippen molar-refractivity contribution < 1.29 is 4.79 Å². The predicted molar refractivity (Wildman–Crippen MR) is 52.1 cm³/mol. The highest BCUT2D eigenvalue weighted by molar-refractivity contribution is 5.93. The number of rotatable bonds is 1. The zero-order chi connectivity index (χ0) is 9.68. The maximum atomic E-state index is 11.1. The van der Waals surface area contributed by atoms with Gasteiger partial charge in [0, 0.05) is 6.04 Å². The molecule has 1 saturated heterocycles. The third kappa shape index (κ3) is 3.47. The topological polar surface area (TPSA) is 32.3 Å². The summed E-state index contributed by atoms with van der Waals surface area (Å²) in [6.07, 6.45) is 2.07. The zero-order valence-corrected chi connectivity index (χ0v) is 8.26. The molecule has 1 fully saturated rings. The van der Waals surface area contributed by atoms with E-state index in [0.29, 0.717) is 6.04 Å². The highest BCUT2D eigenvalue weighted by atomic mass is 16.1. The van der Waals surface area contributed by atoms with Gasteiger partial charge in [-0.1, -0.05) is 5.92 Å². The molecule has 0 unspecified atom stereocenters. The number of likely N-dealkylation sites (tertiary alicyclic amines) is 1. The molecule has 3 heteroatoms. The summed E-state index contributed by atoms with van der Waals surface area (Å²) < 4.78 is 0. The van der Waals surface area contributed by atoms with Gasteiger partial charge in [-0.05, 0) is 45.8 Å². The van der Waals surface area contributed by atoms with Gasteiger partial charge in [-0.15, -0.1) is 0 Å². The van der Waals surface area contributed by atoms with Crippen molar-refractivity contribution in [3.8, 4) is 11.8 Å². The van der Waals surface area contributed by atoms with E-state index < -0.39 is 0 Å². The lowest BCUT2D eigenvalue weighted by molar-refractivity contribution is -0.116. The quantitative estimate of drug-likeness (QED) is 0.585. The Kier molecular flexibility index (Phi) is 3.78. The Morgan fingerprint density at radius 1 is 1.46 bits per heavy atom. The average Bonchev–Trinajstić information content (AvgIpc) is 2.09. The summed E-state index contributed by atoms with van der Waals surface area (Å²) in [4.78, 5) is 13.4. The van der Waals surface area contributed by atoms with Crippen LogP contribution in [-0.2, 0) is 4.79 Å². The molecular formula is C10H16N2O. The van der Waals surface area contributed by atoms with E-state index in [4.69, 9.17) is 0 Å². The Hall–Kier alpha value is -1.01. The van der Waals surface area contributed by atoms with E-state index in [1.165, 1.54) is 0 Å². The molecular weight excluding hydrogens is 164 g/mol. The monoisotopic (exact) mass is 180 g/mol. The van der Waals surface area contributed by atoms with Crippen molar-refractivity contribution in [1.29, 1.82) is 0 Å². The molecule has 0 aromatic heterocycles. The molecule has 72 valence electrons. The SMILES string of the molecule is CC#CC(=O)NC1CCN(C)CC1. The van der Waals surface area contributed by atoms with Crippen molar-refractivity contribution in [3.63, 3.8) is 0 Å². The molecule has 1 amide bonds. The molecule has 0 radical (unpaired) electrons. The van der Waals surface area contributed by atoms with Crippen molar-refractivity contribution in [2.75, 3.05) is 20.1 Å². The highest BCUT2D eigenvalue weighted by Gasteiger charge is 2.17. The van der Waals surface area contributed by atoms with E-state index in [0.717, 1.165) is 25.9 Å². The molecule has 1 N–H and O–H groups in total. The Balaban J connectivity index is 2.29. The second-order valence-corrected chi connectivity index (χ2v) is 3.43. The molecule has 1 aliphatic rings.